The van der Waals surface area contributed by atoms with E-state index in [0.29, 0.717) is 16.0 Å². The number of rotatable bonds is 6. The van der Waals surface area contributed by atoms with E-state index in [9.17, 15) is 5.26 Å². The van der Waals surface area contributed by atoms with Crippen molar-refractivity contribution < 1.29 is 0 Å². The molecule has 0 saturated heterocycles. The molecule has 0 amide bonds. The second-order valence-electron chi connectivity index (χ2n) is 5.51. The van der Waals surface area contributed by atoms with Gasteiger partial charge in [-0.05, 0) is 42.9 Å². The number of benzene rings is 1. The Morgan fingerprint density at radius 1 is 1.21 bits per heavy atom. The van der Waals surface area contributed by atoms with Gasteiger partial charge in [0, 0.05) is 0 Å². The van der Waals surface area contributed by atoms with E-state index in [1.807, 2.05) is 12.1 Å². The van der Waals surface area contributed by atoms with Crippen LogP contribution >= 0.6 is 23.2 Å². The van der Waals surface area contributed by atoms with E-state index >= 15 is 0 Å². The van der Waals surface area contributed by atoms with E-state index in [2.05, 4.69) is 26.8 Å². The molecule has 0 bridgehead atoms. The van der Waals surface area contributed by atoms with Crippen molar-refractivity contribution in [2.75, 3.05) is 0 Å². The monoisotopic (exact) mass is 297 g/mol. The molecule has 0 N–H and O–H groups in total. The van der Waals surface area contributed by atoms with Crippen LogP contribution in [0.4, 0.5) is 0 Å². The van der Waals surface area contributed by atoms with Gasteiger partial charge in [-0.1, -0.05) is 56.5 Å². The van der Waals surface area contributed by atoms with Crippen molar-refractivity contribution in [1.29, 1.82) is 5.26 Å². The summed E-state index contributed by atoms with van der Waals surface area (Å²) in [7, 11) is 0. The molecule has 1 rings (SSSR count). The molecular weight excluding hydrogens is 277 g/mol. The summed E-state index contributed by atoms with van der Waals surface area (Å²) in [5.41, 5.74) is 0.555. The van der Waals surface area contributed by atoms with Crippen LogP contribution < -0.4 is 0 Å². The molecule has 3 heteroatoms. The van der Waals surface area contributed by atoms with Crippen LogP contribution in [0.1, 0.15) is 52.0 Å². The number of hydrogen-bond acceptors (Lipinski definition) is 1. The van der Waals surface area contributed by atoms with Crippen LogP contribution in [-0.2, 0) is 5.41 Å². The normalized spacial score (nSPS) is 14.2. The third kappa shape index (κ3) is 4.13. The third-order valence-corrected chi connectivity index (χ3v) is 4.25. The first kappa shape index (κ1) is 16.3. The molecule has 0 heterocycles. The van der Waals surface area contributed by atoms with Gasteiger partial charge in [0.2, 0.25) is 0 Å². The lowest BCUT2D eigenvalue weighted by atomic mass is 9.73. The van der Waals surface area contributed by atoms with Gasteiger partial charge in [-0.15, -0.1) is 0 Å². The van der Waals surface area contributed by atoms with Gasteiger partial charge in [0.25, 0.3) is 0 Å². The minimum absolute atomic E-state index is 0.437. The summed E-state index contributed by atoms with van der Waals surface area (Å²) in [5, 5.41) is 10.8. The van der Waals surface area contributed by atoms with Crippen molar-refractivity contribution in [2.45, 2.75) is 51.9 Å². The average molecular weight is 298 g/mol. The average Bonchev–Trinajstić information content (AvgIpc) is 2.38. The number of halogens is 2. The van der Waals surface area contributed by atoms with Gasteiger partial charge in [0.1, 0.15) is 0 Å². The van der Waals surface area contributed by atoms with Crippen LogP contribution in [0, 0.1) is 17.2 Å². The van der Waals surface area contributed by atoms with Gasteiger partial charge in [0.15, 0.2) is 0 Å². The van der Waals surface area contributed by atoms with Crippen molar-refractivity contribution in [1.82, 2.24) is 0 Å². The Bertz CT molecular complexity index is 462. The van der Waals surface area contributed by atoms with Crippen molar-refractivity contribution in [3.05, 3.63) is 33.8 Å². The molecule has 1 nitrogen and oxygen atoms in total. The lowest BCUT2D eigenvalue weighted by molar-refractivity contribution is 0.405. The number of nitrogens with zero attached hydrogens (tertiary/aromatic N) is 1. The molecule has 1 atom stereocenters. The second kappa shape index (κ2) is 7.17. The van der Waals surface area contributed by atoms with Crippen LogP contribution in [0.25, 0.3) is 0 Å². The topological polar surface area (TPSA) is 23.8 Å². The van der Waals surface area contributed by atoms with Crippen LogP contribution in [0.5, 0.6) is 0 Å². The van der Waals surface area contributed by atoms with Crippen molar-refractivity contribution in [3.63, 3.8) is 0 Å². The molecule has 1 aromatic rings. The fraction of sp³-hybridized carbons (Fsp3) is 0.562. The fourth-order valence-corrected chi connectivity index (χ4v) is 2.64. The van der Waals surface area contributed by atoms with E-state index in [-0.39, 0.29) is 0 Å². The Labute approximate surface area is 126 Å². The molecule has 0 fully saturated rings. The Balaban J connectivity index is 3.14. The SMILES string of the molecule is CCCC(C#N)(CCC(C)C)c1ccc(Cl)c(Cl)c1. The van der Waals surface area contributed by atoms with E-state index in [4.69, 9.17) is 23.2 Å². The number of nitriles is 1. The first-order valence-corrected chi connectivity index (χ1v) is 7.57. The predicted octanol–water partition coefficient (Wildman–Crippen LogP) is 5.99. The molecule has 0 aliphatic carbocycles. The fourth-order valence-electron chi connectivity index (χ4n) is 2.35. The quantitative estimate of drug-likeness (QED) is 0.632. The van der Waals surface area contributed by atoms with E-state index in [0.717, 1.165) is 31.2 Å². The predicted molar refractivity (Wildman–Crippen MR) is 82.7 cm³/mol. The molecule has 1 aromatic carbocycles. The lowest BCUT2D eigenvalue weighted by Gasteiger charge is -2.28. The Morgan fingerprint density at radius 3 is 2.37 bits per heavy atom. The summed E-state index contributed by atoms with van der Waals surface area (Å²) in [6.45, 7) is 6.48. The van der Waals surface area contributed by atoms with Gasteiger partial charge in [-0.2, -0.15) is 5.26 Å². The maximum absolute atomic E-state index is 9.71. The van der Waals surface area contributed by atoms with Gasteiger partial charge < -0.3 is 0 Å². The van der Waals surface area contributed by atoms with Gasteiger partial charge in [-0.3, -0.25) is 0 Å². The highest BCUT2D eigenvalue weighted by Crippen LogP contribution is 2.37. The summed E-state index contributed by atoms with van der Waals surface area (Å²) < 4.78 is 0. The smallest absolute Gasteiger partial charge is 0.0823 e. The lowest BCUT2D eigenvalue weighted by Crippen LogP contribution is -2.24. The van der Waals surface area contributed by atoms with E-state index in [1.54, 1.807) is 6.07 Å². The molecule has 104 valence electrons. The van der Waals surface area contributed by atoms with Gasteiger partial charge in [0.05, 0.1) is 21.5 Å². The molecule has 1 unspecified atom stereocenters. The van der Waals surface area contributed by atoms with Crippen molar-refractivity contribution in [2.24, 2.45) is 5.92 Å². The number of hydrogen-bond donors (Lipinski definition) is 0. The zero-order valence-corrected chi connectivity index (χ0v) is 13.4. The first-order chi connectivity index (χ1) is 8.95. The van der Waals surface area contributed by atoms with E-state index < -0.39 is 5.41 Å². The zero-order chi connectivity index (χ0) is 14.5. The molecular formula is C16H21Cl2N. The van der Waals surface area contributed by atoms with E-state index in [1.165, 1.54) is 0 Å². The minimum atomic E-state index is -0.437. The standard InChI is InChI=1S/C16H21Cl2N/c1-4-8-16(11-19,9-7-12(2)3)13-5-6-14(17)15(18)10-13/h5-6,10,12H,4,7-9H2,1-3H3. The molecule has 19 heavy (non-hydrogen) atoms. The summed E-state index contributed by atoms with van der Waals surface area (Å²) in [4.78, 5) is 0. The van der Waals surface area contributed by atoms with Crippen molar-refractivity contribution in [3.8, 4) is 6.07 Å². The Morgan fingerprint density at radius 2 is 1.89 bits per heavy atom. The van der Waals surface area contributed by atoms with Gasteiger partial charge >= 0.3 is 0 Å². The summed E-state index contributed by atoms with van der Waals surface area (Å²) >= 11 is 12.1. The van der Waals surface area contributed by atoms with Crippen LogP contribution in [0.3, 0.4) is 0 Å². The first-order valence-electron chi connectivity index (χ1n) is 6.82. The second-order valence-corrected chi connectivity index (χ2v) is 6.32. The van der Waals surface area contributed by atoms with Gasteiger partial charge in [-0.25, -0.2) is 0 Å². The summed E-state index contributed by atoms with van der Waals surface area (Å²) in [5.74, 6) is 0.590. The maximum Gasteiger partial charge on any atom is 0.0823 e. The minimum Gasteiger partial charge on any atom is -0.197 e. The molecule has 0 radical (unpaired) electrons. The molecule has 0 aliphatic rings. The maximum atomic E-state index is 9.71. The highest BCUT2D eigenvalue weighted by atomic mass is 35.5. The Kier molecular flexibility index (Phi) is 6.17. The third-order valence-electron chi connectivity index (χ3n) is 3.51. The highest BCUT2D eigenvalue weighted by Gasteiger charge is 2.31. The van der Waals surface area contributed by atoms with Crippen LogP contribution in [-0.4, -0.2) is 0 Å². The summed E-state index contributed by atoms with van der Waals surface area (Å²) in [6, 6.07) is 8.11. The van der Waals surface area contributed by atoms with Crippen LogP contribution in [0.15, 0.2) is 18.2 Å². The molecule has 0 spiro atoms. The Hall–Kier alpha value is -0.710. The van der Waals surface area contributed by atoms with Crippen LogP contribution in [0.2, 0.25) is 10.0 Å². The molecule has 0 saturated carbocycles. The molecule has 0 aromatic heterocycles. The summed E-state index contributed by atoms with van der Waals surface area (Å²) in [6.07, 6.45) is 3.74. The zero-order valence-electron chi connectivity index (χ0n) is 11.8. The molecule has 0 aliphatic heterocycles. The largest absolute Gasteiger partial charge is 0.197 e. The highest BCUT2D eigenvalue weighted by molar-refractivity contribution is 6.42. The van der Waals surface area contributed by atoms with Crippen molar-refractivity contribution >= 4 is 23.2 Å².